The Hall–Kier alpha value is -0.600. The lowest BCUT2D eigenvalue weighted by Gasteiger charge is -2.72. The van der Waals surface area contributed by atoms with Crippen LogP contribution in [0.4, 0.5) is 0 Å². The average molecular weight is 457 g/mol. The Balaban J connectivity index is 1.71. The van der Waals surface area contributed by atoms with Crippen molar-refractivity contribution >= 4 is 0 Å². The Bertz CT molecular complexity index is 819. The molecule has 4 aliphatic carbocycles. The van der Waals surface area contributed by atoms with Crippen LogP contribution in [-0.2, 0) is 0 Å². The molecule has 0 saturated heterocycles. The minimum atomic E-state index is -0.215. The third-order valence-corrected chi connectivity index (χ3v) is 12.1. The van der Waals surface area contributed by atoms with E-state index in [1.54, 1.807) is 0 Å². The van der Waals surface area contributed by atoms with Gasteiger partial charge in [0.05, 0.1) is 12.2 Å². The van der Waals surface area contributed by atoms with E-state index in [0.29, 0.717) is 29.6 Å². The van der Waals surface area contributed by atoms with Gasteiger partial charge in [0.2, 0.25) is 0 Å². The average Bonchev–Trinajstić information content (AvgIpc) is 3.07. The number of rotatable bonds is 3. The molecule has 0 unspecified atom stereocenters. The zero-order chi connectivity index (χ0) is 24.6. The summed E-state index contributed by atoms with van der Waals surface area (Å²) in [5, 5.41) is 22.8. The normalized spacial score (nSPS) is 51.4. The highest BCUT2D eigenvalue weighted by Crippen LogP contribution is 2.76. The summed E-state index contributed by atoms with van der Waals surface area (Å²) in [5.41, 5.74) is 3.43. The topological polar surface area (TPSA) is 40.5 Å². The molecule has 0 amide bonds. The molecule has 4 fully saturated rings. The van der Waals surface area contributed by atoms with Gasteiger partial charge in [-0.05, 0) is 117 Å². The number of fused-ring (bicyclic) bond motifs is 5. The largest absolute Gasteiger partial charge is 0.393 e. The smallest absolute Gasteiger partial charge is 0.0594 e. The zero-order valence-electron chi connectivity index (χ0n) is 23.0. The summed E-state index contributed by atoms with van der Waals surface area (Å²) in [6.45, 7) is 21.5. The molecule has 4 rings (SSSR count). The summed E-state index contributed by atoms with van der Waals surface area (Å²) in [7, 11) is 0. The van der Waals surface area contributed by atoms with Gasteiger partial charge in [-0.25, -0.2) is 0 Å². The molecule has 0 spiro atoms. The lowest BCUT2D eigenvalue weighted by Crippen LogP contribution is -2.67. The number of allylic oxidation sites excluding steroid dienone is 4. The summed E-state index contributed by atoms with van der Waals surface area (Å²) in [6.07, 6.45) is 12.0. The molecule has 0 heterocycles. The van der Waals surface area contributed by atoms with Crippen molar-refractivity contribution in [3.63, 3.8) is 0 Å². The fourth-order valence-corrected chi connectivity index (χ4v) is 10.8. The summed E-state index contributed by atoms with van der Waals surface area (Å²) >= 11 is 0. The van der Waals surface area contributed by atoms with Crippen molar-refractivity contribution < 1.29 is 10.2 Å². The van der Waals surface area contributed by atoms with Gasteiger partial charge in [0.25, 0.3) is 0 Å². The molecular weight excluding hydrogens is 404 g/mol. The molecule has 0 aliphatic heterocycles. The summed E-state index contributed by atoms with van der Waals surface area (Å²) in [6, 6.07) is 0. The van der Waals surface area contributed by atoms with Crippen LogP contribution in [0.5, 0.6) is 0 Å². The van der Waals surface area contributed by atoms with Crippen molar-refractivity contribution in [2.24, 2.45) is 51.2 Å². The van der Waals surface area contributed by atoms with Crippen LogP contribution in [-0.4, -0.2) is 22.4 Å². The number of hydrogen-bond acceptors (Lipinski definition) is 2. The van der Waals surface area contributed by atoms with E-state index in [0.717, 1.165) is 25.7 Å². The molecule has 0 aromatic rings. The zero-order valence-corrected chi connectivity index (χ0v) is 23.0. The number of aliphatic hydroxyl groups is 2. The predicted molar refractivity (Wildman–Crippen MR) is 139 cm³/mol. The lowest BCUT2D eigenvalue weighted by atomic mass is 9.33. The second-order valence-corrected chi connectivity index (χ2v) is 14.4. The van der Waals surface area contributed by atoms with Crippen LogP contribution in [0.15, 0.2) is 23.3 Å². The van der Waals surface area contributed by atoms with Crippen LogP contribution in [0.25, 0.3) is 0 Å². The first-order valence-corrected chi connectivity index (χ1v) is 13.9. The van der Waals surface area contributed by atoms with E-state index in [9.17, 15) is 10.2 Å². The Morgan fingerprint density at radius 3 is 2.21 bits per heavy atom. The van der Waals surface area contributed by atoms with Gasteiger partial charge in [0.1, 0.15) is 0 Å². The molecule has 4 aliphatic rings. The van der Waals surface area contributed by atoms with Gasteiger partial charge in [0, 0.05) is 0 Å². The molecule has 0 radical (unpaired) electrons. The molecule has 188 valence electrons. The van der Waals surface area contributed by atoms with Crippen LogP contribution >= 0.6 is 0 Å². The minimum Gasteiger partial charge on any atom is -0.393 e. The Morgan fingerprint density at radius 2 is 1.58 bits per heavy atom. The lowest BCUT2D eigenvalue weighted by molar-refractivity contribution is -0.256. The van der Waals surface area contributed by atoms with Crippen LogP contribution < -0.4 is 0 Å². The Kier molecular flexibility index (Phi) is 6.35. The molecule has 0 aromatic heterocycles. The number of hydrogen-bond donors (Lipinski definition) is 2. The molecule has 4 saturated carbocycles. The first-order chi connectivity index (χ1) is 15.2. The molecule has 0 aromatic carbocycles. The Labute approximate surface area is 204 Å². The number of aliphatic hydroxyl groups excluding tert-OH is 2. The second-order valence-electron chi connectivity index (χ2n) is 14.4. The minimum absolute atomic E-state index is 0.0566. The van der Waals surface area contributed by atoms with E-state index in [4.69, 9.17) is 0 Å². The maximum absolute atomic E-state index is 11.8. The van der Waals surface area contributed by atoms with Crippen molar-refractivity contribution in [3.8, 4) is 0 Å². The summed E-state index contributed by atoms with van der Waals surface area (Å²) in [4.78, 5) is 0. The van der Waals surface area contributed by atoms with Gasteiger partial charge < -0.3 is 10.2 Å². The summed E-state index contributed by atoms with van der Waals surface area (Å²) in [5.74, 6) is 2.53. The van der Waals surface area contributed by atoms with E-state index >= 15 is 0 Å². The van der Waals surface area contributed by atoms with E-state index in [2.05, 4.69) is 74.5 Å². The molecule has 2 nitrogen and oxygen atoms in total. The van der Waals surface area contributed by atoms with Gasteiger partial charge in [-0.3, -0.25) is 0 Å². The second kappa shape index (κ2) is 8.22. The molecular formula is C31H52O2. The van der Waals surface area contributed by atoms with Gasteiger partial charge in [-0.2, -0.15) is 0 Å². The fraction of sp³-hybridized carbons (Fsp3) is 0.871. The van der Waals surface area contributed by atoms with Crippen molar-refractivity contribution in [1.82, 2.24) is 0 Å². The van der Waals surface area contributed by atoms with Crippen LogP contribution in [0.2, 0.25) is 0 Å². The SMILES string of the molecule is CC(C)=CC/C=C(/C)[C@H]1CC[C@]2(C)[C@@H]1[C@H](O)C[C@@H]1[C@@]3(C)CC[C@H](O)C(C)(C)[C@@H]3[C@@H](C)C[C@]12C. The van der Waals surface area contributed by atoms with Crippen LogP contribution in [0.1, 0.15) is 107 Å². The van der Waals surface area contributed by atoms with Gasteiger partial charge in [0.15, 0.2) is 0 Å². The van der Waals surface area contributed by atoms with Crippen LogP contribution in [0, 0.1) is 51.2 Å². The Morgan fingerprint density at radius 1 is 0.909 bits per heavy atom. The van der Waals surface area contributed by atoms with Gasteiger partial charge in [-0.15, -0.1) is 0 Å². The van der Waals surface area contributed by atoms with Crippen LogP contribution in [0.3, 0.4) is 0 Å². The highest BCUT2D eigenvalue weighted by atomic mass is 16.3. The van der Waals surface area contributed by atoms with E-state index < -0.39 is 0 Å². The van der Waals surface area contributed by atoms with E-state index in [1.165, 1.54) is 30.4 Å². The standard InChI is InChI=1S/C31H52O2/c1-19(2)11-10-12-20(3)22-13-16-30(8)26(22)23(32)17-24-29(7)15-14-25(33)28(5,6)27(29)21(4)18-31(24,30)9/h11-12,21-27,32-33H,10,13-18H2,1-9H3/b20-12-/t21-,22+,23+,24+,25-,26-,27-,29+,30+,31+/m0/s1. The van der Waals surface area contributed by atoms with Crippen molar-refractivity contribution in [2.75, 3.05) is 0 Å². The maximum Gasteiger partial charge on any atom is 0.0594 e. The molecule has 2 heteroatoms. The van der Waals surface area contributed by atoms with Gasteiger partial charge in [-0.1, -0.05) is 64.8 Å². The molecule has 2 N–H and O–H groups in total. The highest BCUT2D eigenvalue weighted by Gasteiger charge is 2.71. The summed E-state index contributed by atoms with van der Waals surface area (Å²) < 4.78 is 0. The van der Waals surface area contributed by atoms with Crippen molar-refractivity contribution in [2.45, 2.75) is 119 Å². The van der Waals surface area contributed by atoms with Gasteiger partial charge >= 0.3 is 0 Å². The first kappa shape index (κ1) is 25.5. The van der Waals surface area contributed by atoms with E-state index in [1.807, 2.05) is 0 Å². The highest BCUT2D eigenvalue weighted by molar-refractivity contribution is 5.23. The fourth-order valence-electron chi connectivity index (χ4n) is 10.8. The monoisotopic (exact) mass is 456 g/mol. The molecule has 10 atom stereocenters. The molecule has 0 bridgehead atoms. The quantitative estimate of drug-likeness (QED) is 0.430. The third kappa shape index (κ3) is 3.55. The molecule has 33 heavy (non-hydrogen) atoms. The predicted octanol–water partition coefficient (Wildman–Crippen LogP) is 7.55. The van der Waals surface area contributed by atoms with Crippen molar-refractivity contribution in [3.05, 3.63) is 23.3 Å². The maximum atomic E-state index is 11.8. The first-order valence-electron chi connectivity index (χ1n) is 13.9. The van der Waals surface area contributed by atoms with Crippen molar-refractivity contribution in [1.29, 1.82) is 0 Å². The van der Waals surface area contributed by atoms with E-state index in [-0.39, 0.29) is 33.9 Å². The third-order valence-electron chi connectivity index (χ3n) is 12.1.